The van der Waals surface area contributed by atoms with Crippen molar-refractivity contribution < 1.29 is 40.2 Å². The zero-order valence-corrected chi connectivity index (χ0v) is 9.41. The van der Waals surface area contributed by atoms with E-state index in [0.717, 1.165) is 12.8 Å². The van der Waals surface area contributed by atoms with Crippen molar-refractivity contribution in [2.24, 2.45) is 0 Å². The fourth-order valence-corrected chi connectivity index (χ4v) is 0.428. The number of aliphatic carboxylic acids is 2. The summed E-state index contributed by atoms with van der Waals surface area (Å²) in [6.45, 7) is 3.68. The van der Waals surface area contributed by atoms with Gasteiger partial charge in [-0.05, 0) is 12.8 Å². The molecular weight excluding hydrogens is 267 g/mol. The first kappa shape index (κ1) is 18.4. The molecule has 0 heterocycles. The van der Waals surface area contributed by atoms with Gasteiger partial charge < -0.3 is 10.2 Å². The molecule has 0 atom stereocenters. The molecule has 0 aliphatic rings. The topological polar surface area (TPSA) is 74.6 Å². The first-order valence-electron chi connectivity index (χ1n) is 3.98. The zero-order valence-electron chi connectivity index (χ0n) is 7.86. The number of carboxylic acids is 2. The van der Waals surface area contributed by atoms with E-state index in [1.54, 1.807) is 0 Å². The summed E-state index contributed by atoms with van der Waals surface area (Å²) in [4.78, 5) is 19.2. The molecule has 0 unspecified atom stereocenters. The smallest absolute Gasteiger partial charge is 0.303 e. The fraction of sp³-hybridized carbons (Fsp3) is 0.750. The number of hydrogen-bond donors (Lipinski definition) is 2. The first-order valence-corrected chi connectivity index (χ1v) is 3.98. The zero-order chi connectivity index (χ0) is 9.98. The molecule has 0 aliphatic heterocycles. The number of carbonyl (C=O) groups is 2. The monoisotopic (exact) mass is 282 g/mol. The van der Waals surface area contributed by atoms with Gasteiger partial charge in [0.2, 0.25) is 0 Å². The minimum Gasteiger partial charge on any atom is -0.481 e. The molecule has 0 aromatic heterocycles. The Morgan fingerprint density at radius 1 is 0.923 bits per heavy atom. The van der Waals surface area contributed by atoms with E-state index in [4.69, 9.17) is 10.2 Å². The van der Waals surface area contributed by atoms with Crippen molar-refractivity contribution in [3.05, 3.63) is 0 Å². The summed E-state index contributed by atoms with van der Waals surface area (Å²) in [5.74, 6) is -1.42. The third-order valence-corrected chi connectivity index (χ3v) is 0.928. The van der Waals surface area contributed by atoms with Crippen LogP contribution in [0.25, 0.3) is 0 Å². The minimum atomic E-state index is -0.711. The van der Waals surface area contributed by atoms with Gasteiger partial charge >= 0.3 is 11.9 Å². The van der Waals surface area contributed by atoms with Gasteiger partial charge in [-0.3, -0.25) is 9.59 Å². The van der Waals surface area contributed by atoms with Crippen molar-refractivity contribution in [3.8, 4) is 0 Å². The SMILES string of the molecule is CCCC(=O)O.CCCC(=O)O.[Pd]. The van der Waals surface area contributed by atoms with Crippen LogP contribution in [0.3, 0.4) is 0 Å². The summed E-state index contributed by atoms with van der Waals surface area (Å²) in [7, 11) is 0. The van der Waals surface area contributed by atoms with E-state index in [9.17, 15) is 9.59 Å². The summed E-state index contributed by atoms with van der Waals surface area (Å²) in [5.41, 5.74) is 0. The van der Waals surface area contributed by atoms with Crippen molar-refractivity contribution in [1.29, 1.82) is 0 Å². The molecule has 0 radical (unpaired) electrons. The molecule has 0 fully saturated rings. The maximum absolute atomic E-state index is 9.60. The van der Waals surface area contributed by atoms with Crippen molar-refractivity contribution >= 4 is 11.9 Å². The second-order valence-corrected chi connectivity index (χ2v) is 2.29. The van der Waals surface area contributed by atoms with E-state index < -0.39 is 11.9 Å². The van der Waals surface area contributed by atoms with Crippen LogP contribution < -0.4 is 0 Å². The number of rotatable bonds is 4. The average Bonchev–Trinajstić information content (AvgIpc) is 1.87. The molecule has 0 saturated heterocycles. The minimum absolute atomic E-state index is 0. The molecule has 0 amide bonds. The molecule has 0 aromatic carbocycles. The van der Waals surface area contributed by atoms with Gasteiger partial charge in [0.25, 0.3) is 0 Å². The summed E-state index contributed by atoms with van der Waals surface area (Å²) in [5, 5.41) is 15.8. The molecule has 0 aromatic rings. The van der Waals surface area contributed by atoms with Gasteiger partial charge in [-0.1, -0.05) is 13.8 Å². The average molecular weight is 283 g/mol. The fourth-order valence-electron chi connectivity index (χ4n) is 0.428. The van der Waals surface area contributed by atoms with E-state index in [-0.39, 0.29) is 20.4 Å². The number of carboxylic acid groups (broad SMARTS) is 2. The molecule has 0 bridgehead atoms. The van der Waals surface area contributed by atoms with Gasteiger partial charge in [0.05, 0.1) is 0 Å². The van der Waals surface area contributed by atoms with E-state index in [1.165, 1.54) is 0 Å². The predicted molar refractivity (Wildman–Crippen MR) is 45.1 cm³/mol. The van der Waals surface area contributed by atoms with E-state index in [1.807, 2.05) is 13.8 Å². The molecule has 4 nitrogen and oxygen atoms in total. The summed E-state index contributed by atoms with van der Waals surface area (Å²) in [6, 6.07) is 0. The third-order valence-electron chi connectivity index (χ3n) is 0.928. The summed E-state index contributed by atoms with van der Waals surface area (Å²) >= 11 is 0. The molecule has 0 rings (SSSR count). The Kier molecular flexibility index (Phi) is 20.0. The Bertz CT molecular complexity index is 120. The van der Waals surface area contributed by atoms with Gasteiger partial charge in [-0.15, -0.1) is 0 Å². The molecule has 0 spiro atoms. The summed E-state index contributed by atoms with van der Waals surface area (Å²) < 4.78 is 0. The van der Waals surface area contributed by atoms with Gasteiger partial charge in [0.1, 0.15) is 0 Å². The summed E-state index contributed by atoms with van der Waals surface area (Å²) in [6.07, 6.45) is 2.05. The van der Waals surface area contributed by atoms with Crippen molar-refractivity contribution in [2.45, 2.75) is 39.5 Å². The Labute approximate surface area is 92.0 Å². The van der Waals surface area contributed by atoms with Crippen LogP contribution in [0.4, 0.5) is 0 Å². The number of hydrogen-bond acceptors (Lipinski definition) is 2. The third kappa shape index (κ3) is 34.1. The molecule has 0 aliphatic carbocycles. The molecule has 82 valence electrons. The molecule has 0 saturated carbocycles. The predicted octanol–water partition coefficient (Wildman–Crippen LogP) is 1.74. The Morgan fingerprint density at radius 3 is 1.15 bits per heavy atom. The first-order chi connectivity index (χ1) is 5.54. The Balaban J connectivity index is -0.000000143. The van der Waals surface area contributed by atoms with Crippen molar-refractivity contribution in [2.75, 3.05) is 0 Å². The van der Waals surface area contributed by atoms with Gasteiger partial charge in [-0.25, -0.2) is 0 Å². The normalized spacial score (nSPS) is 7.54. The quantitative estimate of drug-likeness (QED) is 0.770. The van der Waals surface area contributed by atoms with Gasteiger partial charge in [-0.2, -0.15) is 0 Å². The van der Waals surface area contributed by atoms with E-state index in [0.29, 0.717) is 12.8 Å². The largest absolute Gasteiger partial charge is 0.481 e. The standard InChI is InChI=1S/2C4H8O2.Pd/c2*1-2-3-4(5)6;/h2*2-3H2,1H3,(H,5,6);. The molecule has 5 heteroatoms. The van der Waals surface area contributed by atoms with Crippen LogP contribution >= 0.6 is 0 Å². The van der Waals surface area contributed by atoms with Gasteiger partial charge in [0, 0.05) is 33.3 Å². The van der Waals surface area contributed by atoms with Crippen molar-refractivity contribution in [3.63, 3.8) is 0 Å². The maximum Gasteiger partial charge on any atom is 0.303 e. The second kappa shape index (κ2) is 14.1. The van der Waals surface area contributed by atoms with Crippen LogP contribution in [0.15, 0.2) is 0 Å². The molecule has 2 N–H and O–H groups in total. The van der Waals surface area contributed by atoms with Crippen LogP contribution in [0.5, 0.6) is 0 Å². The van der Waals surface area contributed by atoms with Crippen LogP contribution in [0.1, 0.15) is 39.5 Å². The van der Waals surface area contributed by atoms with Crippen LogP contribution in [-0.2, 0) is 30.0 Å². The Morgan fingerprint density at radius 2 is 1.15 bits per heavy atom. The van der Waals surface area contributed by atoms with E-state index >= 15 is 0 Å². The maximum atomic E-state index is 9.60. The van der Waals surface area contributed by atoms with E-state index in [2.05, 4.69) is 0 Å². The second-order valence-electron chi connectivity index (χ2n) is 2.29. The van der Waals surface area contributed by atoms with Gasteiger partial charge in [0.15, 0.2) is 0 Å². The van der Waals surface area contributed by atoms with Crippen molar-refractivity contribution in [1.82, 2.24) is 0 Å². The Hall–Kier alpha value is -0.398. The van der Waals surface area contributed by atoms with Crippen LogP contribution in [0.2, 0.25) is 0 Å². The molecule has 13 heavy (non-hydrogen) atoms. The van der Waals surface area contributed by atoms with Crippen LogP contribution in [-0.4, -0.2) is 22.2 Å². The molecular formula is C8H16O4Pd. The van der Waals surface area contributed by atoms with Crippen LogP contribution in [0, 0.1) is 0 Å².